The average molecular weight is 516 g/mol. The Morgan fingerprint density at radius 1 is 1.11 bits per heavy atom. The third kappa shape index (κ3) is 6.41. The highest BCUT2D eigenvalue weighted by Crippen LogP contribution is 2.24. The molecular formula is C29H37N7O2. The Balaban J connectivity index is 1.17. The number of urea groups is 1. The summed E-state index contributed by atoms with van der Waals surface area (Å²) in [6.07, 6.45) is 2.10. The van der Waals surface area contributed by atoms with Gasteiger partial charge in [0.25, 0.3) is 0 Å². The van der Waals surface area contributed by atoms with Crippen LogP contribution < -0.4 is 20.9 Å². The van der Waals surface area contributed by atoms with Crippen molar-refractivity contribution in [2.24, 2.45) is 0 Å². The van der Waals surface area contributed by atoms with Gasteiger partial charge in [-0.2, -0.15) is 0 Å². The van der Waals surface area contributed by atoms with Crippen LogP contribution in [0.2, 0.25) is 0 Å². The van der Waals surface area contributed by atoms with E-state index in [1.165, 1.54) is 5.69 Å². The number of carbonyl (C=O) groups is 1. The topological polar surface area (TPSA) is 94.7 Å². The zero-order valence-electron chi connectivity index (χ0n) is 22.4. The maximum atomic E-state index is 12.4. The van der Waals surface area contributed by atoms with Crippen LogP contribution in [-0.4, -0.2) is 72.4 Å². The number of ether oxygens (including phenoxy) is 1. The summed E-state index contributed by atoms with van der Waals surface area (Å²) in [6, 6.07) is 16.5. The van der Waals surface area contributed by atoms with Crippen molar-refractivity contribution < 1.29 is 9.53 Å². The molecule has 0 saturated carbocycles. The lowest BCUT2D eigenvalue weighted by atomic mass is 10.0. The first kappa shape index (κ1) is 25.9. The summed E-state index contributed by atoms with van der Waals surface area (Å²) in [7, 11) is 0. The smallest absolute Gasteiger partial charge is 0.317 e. The lowest BCUT2D eigenvalue weighted by Crippen LogP contribution is -2.58. The Morgan fingerprint density at radius 2 is 1.87 bits per heavy atom. The minimum atomic E-state index is -0.0513. The Kier molecular flexibility index (Phi) is 8.05. The number of rotatable bonds is 8. The van der Waals surface area contributed by atoms with Gasteiger partial charge >= 0.3 is 6.03 Å². The van der Waals surface area contributed by atoms with E-state index >= 15 is 0 Å². The van der Waals surface area contributed by atoms with Gasteiger partial charge in [-0.1, -0.05) is 12.1 Å². The number of nitrogens with zero attached hydrogens (tertiary/aromatic N) is 4. The van der Waals surface area contributed by atoms with Gasteiger partial charge in [0, 0.05) is 55.9 Å². The molecule has 1 aromatic heterocycles. The fourth-order valence-electron chi connectivity index (χ4n) is 4.80. The zero-order chi connectivity index (χ0) is 26.5. The van der Waals surface area contributed by atoms with Gasteiger partial charge in [0.05, 0.1) is 31.0 Å². The van der Waals surface area contributed by atoms with Crippen LogP contribution in [0.1, 0.15) is 25.0 Å². The summed E-state index contributed by atoms with van der Waals surface area (Å²) in [5, 5.41) is 9.74. The summed E-state index contributed by atoms with van der Waals surface area (Å²) in [5.41, 5.74) is 6.21. The highest BCUT2D eigenvalue weighted by atomic mass is 16.5. The van der Waals surface area contributed by atoms with Gasteiger partial charge in [0.2, 0.25) is 5.95 Å². The molecule has 38 heavy (non-hydrogen) atoms. The second-order valence-electron chi connectivity index (χ2n) is 10.2. The number of hydrogen-bond donors (Lipinski definition) is 3. The second kappa shape index (κ2) is 11.8. The molecule has 2 saturated heterocycles. The largest absolute Gasteiger partial charge is 0.372 e. The van der Waals surface area contributed by atoms with E-state index in [1.807, 2.05) is 26.0 Å². The van der Waals surface area contributed by atoms with Gasteiger partial charge in [-0.15, -0.1) is 0 Å². The molecule has 2 fully saturated rings. The van der Waals surface area contributed by atoms with Crippen LogP contribution >= 0.6 is 0 Å². The molecular weight excluding hydrogens is 478 g/mol. The van der Waals surface area contributed by atoms with E-state index in [9.17, 15) is 4.79 Å². The van der Waals surface area contributed by atoms with Crippen molar-refractivity contribution in [1.29, 1.82) is 0 Å². The van der Waals surface area contributed by atoms with E-state index in [2.05, 4.69) is 69.2 Å². The molecule has 0 bridgehead atoms. The Bertz CT molecular complexity index is 1240. The van der Waals surface area contributed by atoms with Gasteiger partial charge in [0.15, 0.2) is 0 Å². The standard InChI is InChI=1S/C29H37N7O2/c1-20(2)38-26-18-36(19-26)29(37)32-17-23-5-4-22(16-21(23)3)27-10-11-31-28(34-27)33-24-6-8-25(9-7-24)35-14-12-30-13-15-35/h4-11,16,20,26,30H,12-15,17-19H2,1-3H3,(H,32,37)(H,31,33,34). The minimum Gasteiger partial charge on any atom is -0.372 e. The number of anilines is 3. The zero-order valence-corrected chi connectivity index (χ0v) is 22.4. The minimum absolute atomic E-state index is 0.0513. The molecule has 9 heteroatoms. The molecule has 2 aliphatic rings. The molecule has 3 heterocycles. The van der Waals surface area contributed by atoms with Crippen molar-refractivity contribution in [3.8, 4) is 11.3 Å². The molecule has 0 aliphatic carbocycles. The van der Waals surface area contributed by atoms with Crippen molar-refractivity contribution in [3.63, 3.8) is 0 Å². The maximum Gasteiger partial charge on any atom is 0.317 e. The quantitative estimate of drug-likeness (QED) is 0.419. The molecule has 2 aromatic carbocycles. The normalized spacial score (nSPS) is 15.9. The van der Waals surface area contributed by atoms with E-state index in [1.54, 1.807) is 11.1 Å². The Hall–Kier alpha value is -3.69. The molecule has 2 amide bonds. The first-order chi connectivity index (χ1) is 18.4. The third-order valence-corrected chi connectivity index (χ3v) is 6.93. The number of benzene rings is 2. The lowest BCUT2D eigenvalue weighted by molar-refractivity contribution is -0.0641. The van der Waals surface area contributed by atoms with Crippen LogP contribution in [-0.2, 0) is 11.3 Å². The Morgan fingerprint density at radius 3 is 2.58 bits per heavy atom. The number of aryl methyl sites for hydroxylation is 1. The predicted octanol–water partition coefficient (Wildman–Crippen LogP) is 3.92. The fraction of sp³-hybridized carbons (Fsp3) is 0.414. The highest BCUT2D eigenvalue weighted by Gasteiger charge is 2.31. The SMILES string of the molecule is Cc1cc(-c2ccnc(Nc3ccc(N4CCNCC4)cc3)n2)ccc1CNC(=O)N1CC(OC(C)C)C1. The van der Waals surface area contributed by atoms with Crippen LogP contribution in [0, 0.1) is 6.92 Å². The molecule has 200 valence electrons. The molecule has 9 nitrogen and oxygen atoms in total. The molecule has 0 radical (unpaired) electrons. The molecule has 3 N–H and O–H groups in total. The number of aromatic nitrogens is 2. The summed E-state index contributed by atoms with van der Waals surface area (Å²) < 4.78 is 5.73. The van der Waals surface area contributed by atoms with Gasteiger partial charge < -0.3 is 30.5 Å². The second-order valence-corrected chi connectivity index (χ2v) is 10.2. The van der Waals surface area contributed by atoms with Gasteiger partial charge in [-0.25, -0.2) is 14.8 Å². The monoisotopic (exact) mass is 515 g/mol. The number of amides is 2. The van der Waals surface area contributed by atoms with E-state index < -0.39 is 0 Å². The van der Waals surface area contributed by atoms with Gasteiger partial charge in [-0.3, -0.25) is 0 Å². The summed E-state index contributed by atoms with van der Waals surface area (Å²) in [6.45, 7) is 11.9. The number of piperazine rings is 1. The Labute approximate surface area is 224 Å². The van der Waals surface area contributed by atoms with Crippen molar-refractivity contribution in [3.05, 3.63) is 65.9 Å². The van der Waals surface area contributed by atoms with Crippen LogP contribution in [0.5, 0.6) is 0 Å². The summed E-state index contributed by atoms with van der Waals surface area (Å²) in [5.74, 6) is 0.556. The first-order valence-electron chi connectivity index (χ1n) is 13.4. The van der Waals surface area contributed by atoms with Gasteiger partial charge in [-0.05, 0) is 68.3 Å². The van der Waals surface area contributed by atoms with Crippen molar-refractivity contribution in [1.82, 2.24) is 25.5 Å². The molecule has 0 atom stereocenters. The highest BCUT2D eigenvalue weighted by molar-refractivity contribution is 5.75. The van der Waals surface area contributed by atoms with Crippen molar-refractivity contribution in [2.75, 3.05) is 49.5 Å². The van der Waals surface area contributed by atoms with Crippen molar-refractivity contribution >= 4 is 23.4 Å². The number of likely N-dealkylation sites (tertiary alicyclic amines) is 1. The van der Waals surface area contributed by atoms with Crippen LogP contribution in [0.4, 0.5) is 22.1 Å². The van der Waals surface area contributed by atoms with Crippen LogP contribution in [0.25, 0.3) is 11.3 Å². The molecule has 0 unspecified atom stereocenters. The van der Waals surface area contributed by atoms with E-state index in [0.717, 1.165) is 54.3 Å². The predicted molar refractivity (Wildman–Crippen MR) is 151 cm³/mol. The van der Waals surface area contributed by atoms with Crippen LogP contribution in [0.3, 0.4) is 0 Å². The average Bonchev–Trinajstić information content (AvgIpc) is 2.90. The molecule has 2 aliphatic heterocycles. The first-order valence-corrected chi connectivity index (χ1v) is 13.4. The molecule has 5 rings (SSSR count). The van der Waals surface area contributed by atoms with E-state index in [0.29, 0.717) is 25.6 Å². The number of carbonyl (C=O) groups excluding carboxylic acids is 1. The lowest BCUT2D eigenvalue weighted by Gasteiger charge is -2.39. The van der Waals surface area contributed by atoms with E-state index in [4.69, 9.17) is 9.72 Å². The molecule has 0 spiro atoms. The summed E-state index contributed by atoms with van der Waals surface area (Å²) in [4.78, 5) is 25.8. The summed E-state index contributed by atoms with van der Waals surface area (Å²) >= 11 is 0. The number of nitrogens with one attached hydrogen (secondary N) is 3. The van der Waals surface area contributed by atoms with Crippen molar-refractivity contribution in [2.45, 2.75) is 39.5 Å². The molecule has 3 aromatic rings. The van der Waals surface area contributed by atoms with Crippen LogP contribution in [0.15, 0.2) is 54.7 Å². The van der Waals surface area contributed by atoms with Gasteiger partial charge in [0.1, 0.15) is 0 Å². The fourth-order valence-corrected chi connectivity index (χ4v) is 4.80. The van der Waals surface area contributed by atoms with E-state index in [-0.39, 0.29) is 18.2 Å². The third-order valence-electron chi connectivity index (χ3n) is 6.93. The maximum absolute atomic E-state index is 12.4. The number of hydrogen-bond acceptors (Lipinski definition) is 7.